The van der Waals surface area contributed by atoms with Gasteiger partial charge >= 0.3 is 12.2 Å². The van der Waals surface area contributed by atoms with Gasteiger partial charge in [0.05, 0.1) is 7.11 Å². The number of hydrogen-bond donors (Lipinski definition) is 0. The number of carbonyl (C=O) groups excluding carboxylic acids is 2. The van der Waals surface area contributed by atoms with E-state index in [1.807, 2.05) is 0 Å². The van der Waals surface area contributed by atoms with Crippen LogP contribution in [-0.2, 0) is 9.47 Å². The number of piperazine rings is 1. The molecule has 1 saturated heterocycles. The highest BCUT2D eigenvalue weighted by Crippen LogP contribution is 2.67. The summed E-state index contributed by atoms with van der Waals surface area (Å²) in [5.74, 6) is 3.63. The average molecular weight is 487 g/mol. The van der Waals surface area contributed by atoms with Crippen LogP contribution in [0.2, 0.25) is 0 Å². The van der Waals surface area contributed by atoms with Crippen LogP contribution in [-0.4, -0.2) is 61.4 Å². The van der Waals surface area contributed by atoms with Crippen molar-refractivity contribution >= 4 is 12.2 Å². The fourth-order valence-electron chi connectivity index (χ4n) is 9.17. The van der Waals surface area contributed by atoms with Crippen molar-refractivity contribution in [3.8, 4) is 0 Å². The number of methoxy groups -OCH3 is 1. The lowest BCUT2D eigenvalue weighted by atomic mass is 9.47. The molecule has 0 aromatic heterocycles. The summed E-state index contributed by atoms with van der Waals surface area (Å²) in [4.78, 5) is 28.1. The topological polar surface area (TPSA) is 59.1 Å². The number of carbonyl (C=O) groups is 2. The average Bonchev–Trinajstić information content (AvgIpc) is 3.21. The second-order valence-electron chi connectivity index (χ2n) is 12.9. The van der Waals surface area contributed by atoms with E-state index in [4.69, 9.17) is 9.47 Å². The summed E-state index contributed by atoms with van der Waals surface area (Å²) in [6, 6.07) is 0. The van der Waals surface area contributed by atoms with Gasteiger partial charge in [0.15, 0.2) is 0 Å². The fourth-order valence-corrected chi connectivity index (χ4v) is 9.17. The van der Waals surface area contributed by atoms with Crippen LogP contribution in [0.1, 0.15) is 79.1 Å². The first kappa shape index (κ1) is 25.0. The molecule has 0 N–H and O–H groups in total. The van der Waals surface area contributed by atoms with Gasteiger partial charge in [-0.25, -0.2) is 9.59 Å². The predicted molar refractivity (Wildman–Crippen MR) is 136 cm³/mol. The zero-order valence-electron chi connectivity index (χ0n) is 22.6. The maximum absolute atomic E-state index is 13.0. The third-order valence-corrected chi connectivity index (χ3v) is 11.2. The molecule has 5 rings (SSSR count). The molecule has 35 heavy (non-hydrogen) atoms. The van der Waals surface area contributed by atoms with E-state index in [1.165, 1.54) is 58.5 Å². The highest BCUT2D eigenvalue weighted by Gasteiger charge is 2.59. The standard InChI is InChI=1S/C29H46N2O4/c1-19-10-12-28(3)21(18-19)6-7-22-24-9-8-23(29(24,4)13-11-25(22)28)20(2)35-27(33)31-16-14-30(15-17-31)26(32)34-5/h6,19-20,22-25H,7-18H2,1-5H3/t19-,20-,22-,23+,24-,25-,28-,29+/m0/s1. The molecule has 4 aliphatic carbocycles. The van der Waals surface area contributed by atoms with E-state index >= 15 is 0 Å². The molecule has 6 nitrogen and oxygen atoms in total. The van der Waals surface area contributed by atoms with E-state index in [0.717, 1.165) is 23.7 Å². The Labute approximate surface area is 211 Å². The molecule has 0 radical (unpaired) electrons. The normalized spacial score (nSPS) is 41.7. The zero-order valence-corrected chi connectivity index (χ0v) is 22.6. The van der Waals surface area contributed by atoms with E-state index < -0.39 is 0 Å². The van der Waals surface area contributed by atoms with Gasteiger partial charge < -0.3 is 19.3 Å². The third kappa shape index (κ3) is 4.17. The Hall–Kier alpha value is -1.72. The molecular weight excluding hydrogens is 440 g/mol. The molecule has 0 spiro atoms. The van der Waals surface area contributed by atoms with Crippen LogP contribution in [0.15, 0.2) is 11.6 Å². The minimum Gasteiger partial charge on any atom is -0.453 e. The lowest BCUT2D eigenvalue weighted by Gasteiger charge is -2.58. The van der Waals surface area contributed by atoms with E-state index in [9.17, 15) is 9.59 Å². The number of hydrogen-bond acceptors (Lipinski definition) is 4. The van der Waals surface area contributed by atoms with Gasteiger partial charge in [-0.2, -0.15) is 0 Å². The molecule has 1 heterocycles. The van der Waals surface area contributed by atoms with Crippen LogP contribution in [0.4, 0.5) is 9.59 Å². The second kappa shape index (κ2) is 9.30. The van der Waals surface area contributed by atoms with Crippen molar-refractivity contribution in [2.24, 2.45) is 40.4 Å². The maximum atomic E-state index is 13.0. The Kier molecular flexibility index (Phi) is 6.63. The van der Waals surface area contributed by atoms with Gasteiger partial charge in [-0.3, -0.25) is 0 Å². The summed E-state index contributed by atoms with van der Waals surface area (Å²) in [6.07, 6.45) is 12.4. The van der Waals surface area contributed by atoms with Gasteiger partial charge in [-0.05, 0) is 92.8 Å². The smallest absolute Gasteiger partial charge is 0.410 e. The van der Waals surface area contributed by atoms with Crippen LogP contribution in [0.5, 0.6) is 0 Å². The fraction of sp³-hybridized carbons (Fsp3) is 0.862. The van der Waals surface area contributed by atoms with Crippen molar-refractivity contribution in [2.45, 2.75) is 85.2 Å². The number of ether oxygens (including phenoxy) is 2. The Balaban J connectivity index is 1.23. The zero-order chi connectivity index (χ0) is 25.0. The Bertz CT molecular complexity index is 865. The Morgan fingerprint density at radius 3 is 2.34 bits per heavy atom. The summed E-state index contributed by atoms with van der Waals surface area (Å²) in [7, 11) is 1.39. The predicted octanol–water partition coefficient (Wildman–Crippen LogP) is 6.11. The molecule has 0 bridgehead atoms. The third-order valence-electron chi connectivity index (χ3n) is 11.2. The highest BCUT2D eigenvalue weighted by atomic mass is 16.6. The van der Waals surface area contributed by atoms with Crippen LogP contribution in [0.25, 0.3) is 0 Å². The first-order valence-corrected chi connectivity index (χ1v) is 14.2. The largest absolute Gasteiger partial charge is 0.453 e. The number of nitrogens with zero attached hydrogens (tertiary/aromatic N) is 2. The van der Waals surface area contributed by atoms with Gasteiger partial charge in [0.25, 0.3) is 0 Å². The Morgan fingerprint density at radius 1 is 0.971 bits per heavy atom. The van der Waals surface area contributed by atoms with Crippen LogP contribution in [0.3, 0.4) is 0 Å². The Morgan fingerprint density at radius 2 is 1.66 bits per heavy atom. The van der Waals surface area contributed by atoms with E-state index in [2.05, 4.69) is 33.8 Å². The SMILES string of the molecule is COC(=O)N1CCN(C(=O)O[C@@H](C)[C@H]2CC[C@H]3[C@@H]4CC=C5C[C@@H](C)CC[C@]5(C)[C@H]4CC[C@]23C)CC1. The molecule has 0 aromatic carbocycles. The number of allylic oxidation sites excluding steroid dienone is 2. The van der Waals surface area contributed by atoms with Crippen molar-refractivity contribution in [2.75, 3.05) is 33.3 Å². The molecule has 8 atom stereocenters. The van der Waals surface area contributed by atoms with Crippen molar-refractivity contribution in [3.05, 3.63) is 11.6 Å². The number of amides is 2. The quantitative estimate of drug-likeness (QED) is 0.442. The molecule has 2 amide bonds. The van der Waals surface area contributed by atoms with E-state index in [0.29, 0.717) is 37.5 Å². The molecule has 4 fully saturated rings. The molecule has 196 valence electrons. The lowest BCUT2D eigenvalue weighted by Crippen LogP contribution is -2.52. The highest BCUT2D eigenvalue weighted by molar-refractivity contribution is 5.70. The monoisotopic (exact) mass is 486 g/mol. The summed E-state index contributed by atoms with van der Waals surface area (Å²) >= 11 is 0. The summed E-state index contributed by atoms with van der Waals surface area (Å²) in [5, 5.41) is 0. The van der Waals surface area contributed by atoms with Crippen molar-refractivity contribution in [1.29, 1.82) is 0 Å². The first-order chi connectivity index (χ1) is 16.7. The van der Waals surface area contributed by atoms with Gasteiger partial charge in [-0.1, -0.05) is 32.4 Å². The number of fused-ring (bicyclic) bond motifs is 5. The summed E-state index contributed by atoms with van der Waals surface area (Å²) in [6.45, 7) is 11.6. The number of rotatable bonds is 2. The molecule has 1 aliphatic heterocycles. The summed E-state index contributed by atoms with van der Waals surface area (Å²) in [5.41, 5.74) is 2.44. The molecule has 3 saturated carbocycles. The second-order valence-corrected chi connectivity index (χ2v) is 12.9. The summed E-state index contributed by atoms with van der Waals surface area (Å²) < 4.78 is 10.9. The molecular formula is C29H46N2O4. The van der Waals surface area contributed by atoms with Crippen LogP contribution in [0, 0.1) is 40.4 Å². The minimum absolute atomic E-state index is 0.0755. The van der Waals surface area contributed by atoms with Crippen molar-refractivity contribution in [1.82, 2.24) is 9.80 Å². The van der Waals surface area contributed by atoms with Gasteiger partial charge in [-0.15, -0.1) is 0 Å². The van der Waals surface area contributed by atoms with E-state index in [1.54, 1.807) is 15.4 Å². The van der Waals surface area contributed by atoms with Crippen LogP contribution >= 0.6 is 0 Å². The van der Waals surface area contributed by atoms with Gasteiger partial charge in [0.1, 0.15) is 6.10 Å². The van der Waals surface area contributed by atoms with Crippen LogP contribution < -0.4 is 0 Å². The van der Waals surface area contributed by atoms with Gasteiger partial charge in [0, 0.05) is 32.1 Å². The molecule has 5 aliphatic rings. The van der Waals surface area contributed by atoms with Crippen molar-refractivity contribution < 1.29 is 19.1 Å². The van der Waals surface area contributed by atoms with Gasteiger partial charge in [0.2, 0.25) is 0 Å². The minimum atomic E-state index is -0.326. The maximum Gasteiger partial charge on any atom is 0.410 e. The molecule has 0 unspecified atom stereocenters. The van der Waals surface area contributed by atoms with E-state index in [-0.39, 0.29) is 23.7 Å². The molecule has 6 heteroatoms. The first-order valence-electron chi connectivity index (χ1n) is 14.2. The van der Waals surface area contributed by atoms with Crippen molar-refractivity contribution in [3.63, 3.8) is 0 Å². The molecule has 0 aromatic rings. The lowest BCUT2D eigenvalue weighted by molar-refractivity contribution is -0.0690.